The molecule has 0 bridgehead atoms. The normalized spacial score (nSPS) is 17.3. The first-order chi connectivity index (χ1) is 8.45. The van der Waals surface area contributed by atoms with Crippen molar-refractivity contribution in [3.63, 3.8) is 0 Å². The second-order valence-electron chi connectivity index (χ2n) is 4.67. The van der Waals surface area contributed by atoms with E-state index in [1.165, 1.54) is 0 Å². The van der Waals surface area contributed by atoms with Crippen LogP contribution in [0.2, 0.25) is 0 Å². The van der Waals surface area contributed by atoms with Crippen LogP contribution in [0.3, 0.4) is 0 Å². The topological polar surface area (TPSA) is 38.8 Å². The Morgan fingerprint density at radius 2 is 2.17 bits per heavy atom. The largest absolute Gasteiger partial charge is 0.476 e. The first-order valence-corrected chi connectivity index (χ1v) is 6.83. The van der Waals surface area contributed by atoms with E-state index in [1.54, 1.807) is 25.9 Å². The minimum atomic E-state index is -0.826. The van der Waals surface area contributed by atoms with Crippen LogP contribution in [0.5, 0.6) is 5.75 Å². The summed E-state index contributed by atoms with van der Waals surface area (Å²) in [4.78, 5) is 14.1. The molecule has 0 fully saturated rings. The number of benzene rings is 1. The monoisotopic (exact) mass is 361 g/mol. The Morgan fingerprint density at radius 3 is 2.83 bits per heavy atom. The van der Waals surface area contributed by atoms with Gasteiger partial charge in [0.2, 0.25) is 0 Å². The molecule has 1 aromatic rings. The molecular formula is C13H16INO3. The molecular weight excluding hydrogens is 345 g/mol. The molecule has 0 N–H and O–H groups in total. The molecule has 0 radical (unpaired) electrons. The van der Waals surface area contributed by atoms with Crippen LogP contribution in [0.15, 0.2) is 18.2 Å². The van der Waals surface area contributed by atoms with Gasteiger partial charge in [0, 0.05) is 17.2 Å². The van der Waals surface area contributed by atoms with Gasteiger partial charge in [0.05, 0.1) is 12.3 Å². The van der Waals surface area contributed by atoms with Gasteiger partial charge in [0.15, 0.2) is 5.60 Å². The van der Waals surface area contributed by atoms with Gasteiger partial charge in [-0.2, -0.15) is 0 Å². The van der Waals surface area contributed by atoms with Crippen LogP contribution in [0.25, 0.3) is 0 Å². The summed E-state index contributed by atoms with van der Waals surface area (Å²) >= 11 is 2.22. The molecule has 98 valence electrons. The zero-order valence-electron chi connectivity index (χ0n) is 10.7. The lowest BCUT2D eigenvalue weighted by Gasteiger charge is -2.38. The van der Waals surface area contributed by atoms with E-state index < -0.39 is 5.60 Å². The smallest absolute Gasteiger partial charge is 0.270 e. The van der Waals surface area contributed by atoms with Crippen molar-refractivity contribution < 1.29 is 14.3 Å². The summed E-state index contributed by atoms with van der Waals surface area (Å²) in [6, 6.07) is 5.84. The summed E-state index contributed by atoms with van der Waals surface area (Å²) in [5.74, 6) is 0.713. The number of hydrogen-bond acceptors (Lipinski definition) is 3. The van der Waals surface area contributed by atoms with Crippen LogP contribution in [0.4, 0.5) is 5.69 Å². The maximum atomic E-state index is 12.4. The molecule has 5 heteroatoms. The van der Waals surface area contributed by atoms with E-state index in [0.29, 0.717) is 13.2 Å². The lowest BCUT2D eigenvalue weighted by Crippen LogP contribution is -2.53. The molecule has 18 heavy (non-hydrogen) atoms. The maximum absolute atomic E-state index is 12.4. The maximum Gasteiger partial charge on any atom is 0.270 e. The summed E-state index contributed by atoms with van der Waals surface area (Å²) in [5, 5.41) is 0. The molecule has 0 saturated heterocycles. The zero-order chi connectivity index (χ0) is 13.3. The second kappa shape index (κ2) is 5.05. The first-order valence-electron chi connectivity index (χ1n) is 5.75. The minimum Gasteiger partial charge on any atom is -0.476 e. The molecule has 0 aliphatic carbocycles. The number of fused-ring (bicyclic) bond motifs is 1. The Bertz CT molecular complexity index is 473. The van der Waals surface area contributed by atoms with Gasteiger partial charge in [-0.1, -0.05) is 0 Å². The molecule has 1 aromatic carbocycles. The third-order valence-corrected chi connectivity index (χ3v) is 3.53. The van der Waals surface area contributed by atoms with Crippen molar-refractivity contribution >= 4 is 34.2 Å². The lowest BCUT2D eigenvalue weighted by molar-refractivity contribution is -0.132. The predicted molar refractivity (Wildman–Crippen MR) is 78.1 cm³/mol. The van der Waals surface area contributed by atoms with E-state index in [0.717, 1.165) is 15.0 Å². The van der Waals surface area contributed by atoms with E-state index in [2.05, 4.69) is 22.6 Å². The number of ether oxygens (including phenoxy) is 2. The van der Waals surface area contributed by atoms with Gasteiger partial charge in [-0.05, 0) is 54.6 Å². The van der Waals surface area contributed by atoms with Gasteiger partial charge in [-0.3, -0.25) is 4.79 Å². The molecule has 0 spiro atoms. The first kappa shape index (κ1) is 13.6. The Morgan fingerprint density at radius 1 is 1.44 bits per heavy atom. The highest BCUT2D eigenvalue weighted by atomic mass is 127. The number of amides is 1. The summed E-state index contributed by atoms with van der Waals surface area (Å²) in [7, 11) is 1.63. The van der Waals surface area contributed by atoms with Crippen molar-refractivity contribution in [2.75, 3.05) is 25.2 Å². The zero-order valence-corrected chi connectivity index (χ0v) is 12.9. The molecule has 1 amide bonds. The summed E-state index contributed by atoms with van der Waals surface area (Å²) in [5.41, 5.74) is -0.00339. The van der Waals surface area contributed by atoms with Crippen LogP contribution >= 0.6 is 22.6 Å². The van der Waals surface area contributed by atoms with Crippen molar-refractivity contribution in [3.8, 4) is 5.75 Å². The average molecular weight is 361 g/mol. The summed E-state index contributed by atoms with van der Waals surface area (Å²) in [6.45, 7) is 4.62. The van der Waals surface area contributed by atoms with Crippen molar-refractivity contribution in [1.29, 1.82) is 0 Å². The molecule has 0 unspecified atom stereocenters. The fraction of sp³-hybridized carbons (Fsp3) is 0.462. The Balaban J connectivity index is 2.43. The Hall–Kier alpha value is -0.820. The molecule has 2 rings (SSSR count). The van der Waals surface area contributed by atoms with Gasteiger partial charge >= 0.3 is 0 Å². The number of halogens is 1. The lowest BCUT2D eigenvalue weighted by atomic mass is 10.0. The summed E-state index contributed by atoms with van der Waals surface area (Å²) < 4.78 is 11.9. The molecule has 0 aromatic heterocycles. The van der Waals surface area contributed by atoms with Crippen molar-refractivity contribution in [2.45, 2.75) is 19.4 Å². The third kappa shape index (κ3) is 2.47. The van der Waals surface area contributed by atoms with Gasteiger partial charge in [-0.15, -0.1) is 0 Å². The Kier molecular flexibility index (Phi) is 3.82. The van der Waals surface area contributed by atoms with Crippen molar-refractivity contribution in [2.24, 2.45) is 0 Å². The number of carbonyl (C=O) groups excluding carboxylic acids is 1. The molecule has 1 aliphatic rings. The molecule has 4 nitrogen and oxygen atoms in total. The molecule has 1 heterocycles. The highest BCUT2D eigenvalue weighted by Crippen LogP contribution is 2.38. The van der Waals surface area contributed by atoms with Crippen LogP contribution in [0.1, 0.15) is 13.8 Å². The van der Waals surface area contributed by atoms with Crippen LogP contribution < -0.4 is 9.64 Å². The fourth-order valence-electron chi connectivity index (χ4n) is 1.95. The number of nitrogens with zero attached hydrogens (tertiary/aromatic N) is 1. The van der Waals surface area contributed by atoms with Crippen LogP contribution in [-0.4, -0.2) is 31.8 Å². The SMILES string of the molecule is COCCN1C(=O)C(C)(C)Oc2ccc(I)cc21. The van der Waals surface area contributed by atoms with E-state index in [-0.39, 0.29) is 5.91 Å². The quantitative estimate of drug-likeness (QED) is 0.777. The summed E-state index contributed by atoms with van der Waals surface area (Å²) in [6.07, 6.45) is 0. The minimum absolute atomic E-state index is 0.0333. The molecule has 0 atom stereocenters. The van der Waals surface area contributed by atoms with Crippen molar-refractivity contribution in [3.05, 3.63) is 21.8 Å². The van der Waals surface area contributed by atoms with Crippen molar-refractivity contribution in [1.82, 2.24) is 0 Å². The van der Waals surface area contributed by atoms with E-state index >= 15 is 0 Å². The highest BCUT2D eigenvalue weighted by molar-refractivity contribution is 14.1. The number of carbonyl (C=O) groups is 1. The third-order valence-electron chi connectivity index (χ3n) is 2.86. The van der Waals surface area contributed by atoms with Crippen LogP contribution in [-0.2, 0) is 9.53 Å². The average Bonchev–Trinajstić information content (AvgIpc) is 2.31. The van der Waals surface area contributed by atoms with Gasteiger partial charge < -0.3 is 14.4 Å². The Labute approximate surface area is 120 Å². The molecule has 0 saturated carbocycles. The van der Waals surface area contributed by atoms with Gasteiger partial charge in [-0.25, -0.2) is 0 Å². The van der Waals surface area contributed by atoms with Gasteiger partial charge in [0.25, 0.3) is 5.91 Å². The van der Waals surface area contributed by atoms with E-state index in [1.807, 2.05) is 18.2 Å². The van der Waals surface area contributed by atoms with E-state index in [4.69, 9.17) is 9.47 Å². The number of anilines is 1. The fourth-order valence-corrected chi connectivity index (χ4v) is 2.42. The molecule has 1 aliphatic heterocycles. The highest BCUT2D eigenvalue weighted by Gasteiger charge is 2.40. The number of rotatable bonds is 3. The van der Waals surface area contributed by atoms with E-state index in [9.17, 15) is 4.79 Å². The van der Waals surface area contributed by atoms with Crippen LogP contribution in [0, 0.1) is 3.57 Å². The number of methoxy groups -OCH3 is 1. The van der Waals surface area contributed by atoms with Gasteiger partial charge in [0.1, 0.15) is 5.75 Å². The predicted octanol–water partition coefficient (Wildman–Crippen LogP) is 2.44. The number of hydrogen-bond donors (Lipinski definition) is 0. The standard InChI is InChI=1S/C13H16INO3/c1-13(2)12(16)15(6-7-17-3)10-8-9(14)4-5-11(10)18-13/h4-5,8H,6-7H2,1-3H3. The second-order valence-corrected chi connectivity index (χ2v) is 5.92.